The molecule has 1 aromatic heterocycles. The van der Waals surface area contributed by atoms with Crippen LogP contribution in [-0.2, 0) is 0 Å². The Hall–Kier alpha value is -2.16. The number of hydrogen-bond donors (Lipinski definition) is 1. The first-order valence-corrected chi connectivity index (χ1v) is 5.26. The Morgan fingerprint density at radius 3 is 2.47 bits per heavy atom. The summed E-state index contributed by atoms with van der Waals surface area (Å²) in [5, 5.41) is 8.50. The van der Waals surface area contributed by atoms with E-state index in [9.17, 15) is 4.39 Å². The lowest BCUT2D eigenvalue weighted by atomic mass is 10.0. The molecule has 0 bridgehead atoms. The number of rotatable bonds is 3. The van der Waals surface area contributed by atoms with Gasteiger partial charge in [-0.3, -0.25) is 4.98 Å². The minimum absolute atomic E-state index is 0.517. The number of pyridine rings is 1. The van der Waals surface area contributed by atoms with Gasteiger partial charge in [-0.05, 0) is 28.8 Å². The van der Waals surface area contributed by atoms with Crippen molar-refractivity contribution in [1.29, 1.82) is 0 Å². The Kier molecular flexibility index (Phi) is 3.50. The fourth-order valence-corrected chi connectivity index (χ4v) is 1.58. The van der Waals surface area contributed by atoms with Gasteiger partial charge in [0.1, 0.15) is 6.17 Å². The first kappa shape index (κ1) is 11.3. The Morgan fingerprint density at radius 2 is 1.88 bits per heavy atom. The van der Waals surface area contributed by atoms with Crippen LogP contribution in [0.4, 0.5) is 4.39 Å². The van der Waals surface area contributed by atoms with Crippen molar-refractivity contribution in [2.45, 2.75) is 6.17 Å². The van der Waals surface area contributed by atoms with Crippen LogP contribution in [0.25, 0.3) is 11.1 Å². The van der Waals surface area contributed by atoms with Gasteiger partial charge in [-0.25, -0.2) is 4.39 Å². The van der Waals surface area contributed by atoms with Crippen molar-refractivity contribution >= 4 is 0 Å². The predicted octanol–water partition coefficient (Wildman–Crippen LogP) is 3.83. The molecule has 2 nitrogen and oxygen atoms in total. The summed E-state index contributed by atoms with van der Waals surface area (Å²) in [6.45, 7) is 0. The average molecular weight is 229 g/mol. The zero-order valence-electron chi connectivity index (χ0n) is 9.12. The fraction of sp³-hybridized carbons (Fsp3) is 0.0714. The highest BCUT2D eigenvalue weighted by molar-refractivity contribution is 5.62. The summed E-state index contributed by atoms with van der Waals surface area (Å²) in [7, 11) is 0. The maximum Gasteiger partial charge on any atom is 0.147 e. The summed E-state index contributed by atoms with van der Waals surface area (Å²) < 4.78 is 13.4. The lowest BCUT2D eigenvalue weighted by molar-refractivity contribution is 0.396. The molecule has 0 spiro atoms. The van der Waals surface area contributed by atoms with E-state index in [1.54, 1.807) is 24.5 Å². The lowest BCUT2D eigenvalue weighted by Gasteiger charge is -2.05. The number of aliphatic hydroxyl groups is 1. The Balaban J connectivity index is 2.25. The van der Waals surface area contributed by atoms with Gasteiger partial charge < -0.3 is 5.11 Å². The van der Waals surface area contributed by atoms with Gasteiger partial charge >= 0.3 is 0 Å². The van der Waals surface area contributed by atoms with Gasteiger partial charge in [-0.2, -0.15) is 0 Å². The maximum absolute atomic E-state index is 13.4. The number of alkyl halides is 1. The van der Waals surface area contributed by atoms with Crippen molar-refractivity contribution in [3.05, 3.63) is 66.7 Å². The molecule has 0 radical (unpaired) electrons. The molecule has 0 saturated carbocycles. The number of allylic oxidation sites excluding steroid dienone is 1. The molecule has 2 rings (SSSR count). The van der Waals surface area contributed by atoms with E-state index < -0.39 is 6.17 Å². The highest BCUT2D eigenvalue weighted by Crippen LogP contribution is 2.23. The summed E-state index contributed by atoms with van der Waals surface area (Å²) in [4.78, 5) is 4.03. The molecule has 1 atom stereocenters. The Labute approximate surface area is 99.1 Å². The van der Waals surface area contributed by atoms with Gasteiger partial charge in [0.2, 0.25) is 0 Å². The first-order chi connectivity index (χ1) is 8.31. The van der Waals surface area contributed by atoms with Gasteiger partial charge in [-0.1, -0.05) is 30.3 Å². The Morgan fingerprint density at radius 1 is 1.12 bits per heavy atom. The molecule has 0 saturated heterocycles. The average Bonchev–Trinajstić information content (AvgIpc) is 2.40. The van der Waals surface area contributed by atoms with Gasteiger partial charge in [-0.15, -0.1) is 0 Å². The molecule has 0 aliphatic rings. The van der Waals surface area contributed by atoms with Crippen molar-refractivity contribution < 1.29 is 9.50 Å². The third-order valence-corrected chi connectivity index (χ3v) is 2.48. The second-order valence-electron chi connectivity index (χ2n) is 3.61. The van der Waals surface area contributed by atoms with E-state index in [0.717, 1.165) is 23.5 Å². The molecular weight excluding hydrogens is 217 g/mol. The van der Waals surface area contributed by atoms with Crippen LogP contribution in [0.3, 0.4) is 0 Å². The van der Waals surface area contributed by atoms with Crippen molar-refractivity contribution in [2.75, 3.05) is 0 Å². The van der Waals surface area contributed by atoms with Gasteiger partial charge in [0.15, 0.2) is 0 Å². The molecule has 0 fully saturated rings. The van der Waals surface area contributed by atoms with Crippen LogP contribution < -0.4 is 0 Å². The monoisotopic (exact) mass is 229 g/mol. The highest BCUT2D eigenvalue weighted by atomic mass is 19.1. The standard InChI is InChI=1S/C14H12FNO/c15-14(7-9-17)12-5-3-11(4-6-12)13-2-1-8-16-10-13/h1-10,14,17H/b9-7-. The molecular formula is C14H12FNO. The molecule has 0 amide bonds. The van der Waals surface area contributed by atoms with Gasteiger partial charge in [0, 0.05) is 12.4 Å². The molecule has 86 valence electrons. The summed E-state index contributed by atoms with van der Waals surface area (Å²) in [5.41, 5.74) is 2.50. The van der Waals surface area contributed by atoms with E-state index in [1.165, 1.54) is 0 Å². The number of nitrogens with zero attached hydrogens (tertiary/aromatic N) is 1. The topological polar surface area (TPSA) is 33.1 Å². The number of aromatic nitrogens is 1. The van der Waals surface area contributed by atoms with E-state index in [4.69, 9.17) is 5.11 Å². The van der Waals surface area contributed by atoms with Crippen molar-refractivity contribution in [2.24, 2.45) is 0 Å². The number of hydrogen-bond acceptors (Lipinski definition) is 2. The minimum Gasteiger partial charge on any atom is -0.516 e. The van der Waals surface area contributed by atoms with Crippen LogP contribution in [0, 0.1) is 0 Å². The third kappa shape index (κ3) is 2.69. The van der Waals surface area contributed by atoms with E-state index in [0.29, 0.717) is 5.56 Å². The summed E-state index contributed by atoms with van der Waals surface area (Å²) in [6, 6.07) is 10.9. The molecule has 1 unspecified atom stereocenters. The normalized spacial score (nSPS) is 12.8. The Bertz CT molecular complexity index is 493. The van der Waals surface area contributed by atoms with E-state index in [2.05, 4.69) is 4.98 Å². The zero-order valence-corrected chi connectivity index (χ0v) is 9.12. The molecule has 17 heavy (non-hydrogen) atoms. The van der Waals surface area contributed by atoms with Crippen molar-refractivity contribution in [1.82, 2.24) is 4.98 Å². The second-order valence-corrected chi connectivity index (χ2v) is 3.61. The smallest absolute Gasteiger partial charge is 0.147 e. The van der Waals surface area contributed by atoms with E-state index in [-0.39, 0.29) is 0 Å². The number of halogens is 1. The van der Waals surface area contributed by atoms with Crippen LogP contribution >= 0.6 is 0 Å². The highest BCUT2D eigenvalue weighted by Gasteiger charge is 2.05. The second kappa shape index (κ2) is 5.25. The van der Waals surface area contributed by atoms with Crippen LogP contribution in [0.5, 0.6) is 0 Å². The molecule has 2 aromatic rings. The van der Waals surface area contributed by atoms with Crippen LogP contribution in [-0.4, -0.2) is 10.1 Å². The quantitative estimate of drug-likeness (QED) is 0.811. The first-order valence-electron chi connectivity index (χ1n) is 5.26. The predicted molar refractivity (Wildman–Crippen MR) is 65.3 cm³/mol. The summed E-state index contributed by atoms with van der Waals surface area (Å²) >= 11 is 0. The molecule has 1 heterocycles. The lowest BCUT2D eigenvalue weighted by Crippen LogP contribution is -1.87. The SMILES string of the molecule is O/C=C\C(F)c1ccc(-c2cccnc2)cc1. The molecule has 1 N–H and O–H groups in total. The van der Waals surface area contributed by atoms with Crippen molar-refractivity contribution in [3.8, 4) is 11.1 Å². The van der Waals surface area contributed by atoms with E-state index >= 15 is 0 Å². The molecule has 3 heteroatoms. The zero-order chi connectivity index (χ0) is 12.1. The molecule has 1 aromatic carbocycles. The summed E-state index contributed by atoms with van der Waals surface area (Å²) in [5.74, 6) is 0. The van der Waals surface area contributed by atoms with Crippen LogP contribution in [0.15, 0.2) is 61.1 Å². The number of aliphatic hydroxyl groups excluding tert-OH is 1. The maximum atomic E-state index is 13.4. The molecule has 0 aliphatic heterocycles. The largest absolute Gasteiger partial charge is 0.516 e. The van der Waals surface area contributed by atoms with Crippen LogP contribution in [0.1, 0.15) is 11.7 Å². The van der Waals surface area contributed by atoms with Gasteiger partial charge in [0.05, 0.1) is 6.26 Å². The minimum atomic E-state index is -1.28. The molecule has 0 aliphatic carbocycles. The van der Waals surface area contributed by atoms with Gasteiger partial charge in [0.25, 0.3) is 0 Å². The third-order valence-electron chi connectivity index (χ3n) is 2.48. The fourth-order valence-electron chi connectivity index (χ4n) is 1.58. The number of benzene rings is 1. The van der Waals surface area contributed by atoms with Crippen LogP contribution in [0.2, 0.25) is 0 Å². The van der Waals surface area contributed by atoms with Crippen molar-refractivity contribution in [3.63, 3.8) is 0 Å². The summed E-state index contributed by atoms with van der Waals surface area (Å²) in [6.07, 6.45) is 4.01. The van der Waals surface area contributed by atoms with E-state index in [1.807, 2.05) is 24.3 Å².